The highest BCUT2D eigenvalue weighted by molar-refractivity contribution is 5.92. The SMILES string of the molecule is CC(C)n1nccc1C(=O)N[C@H](c1cn2ncc(CN3CC(C)(C)CNC3=O)cc2n1)C1CCC(F)(F)CC1. The summed E-state index contributed by atoms with van der Waals surface area (Å²) in [7, 11) is 0. The van der Waals surface area contributed by atoms with E-state index in [1.54, 1.807) is 38.8 Å². The average molecular weight is 543 g/mol. The third-order valence-corrected chi connectivity index (χ3v) is 7.62. The highest BCUT2D eigenvalue weighted by Gasteiger charge is 2.39. The molecule has 1 aliphatic carbocycles. The molecule has 0 spiro atoms. The molecule has 5 rings (SSSR count). The number of carbonyl (C=O) groups is 2. The summed E-state index contributed by atoms with van der Waals surface area (Å²) in [5.41, 5.74) is 2.32. The van der Waals surface area contributed by atoms with Gasteiger partial charge in [0.05, 0.1) is 24.1 Å². The molecule has 4 heterocycles. The molecule has 0 bridgehead atoms. The Bertz CT molecular complexity index is 1350. The van der Waals surface area contributed by atoms with Gasteiger partial charge in [-0.2, -0.15) is 10.2 Å². The van der Waals surface area contributed by atoms with Crippen molar-refractivity contribution in [3.05, 3.63) is 47.7 Å². The van der Waals surface area contributed by atoms with Gasteiger partial charge in [-0.3, -0.25) is 9.48 Å². The maximum absolute atomic E-state index is 14.0. The lowest BCUT2D eigenvalue weighted by Crippen LogP contribution is -2.54. The molecule has 0 unspecified atom stereocenters. The Morgan fingerprint density at radius 2 is 1.97 bits per heavy atom. The predicted octanol–water partition coefficient (Wildman–Crippen LogP) is 4.35. The van der Waals surface area contributed by atoms with Crippen molar-refractivity contribution in [1.29, 1.82) is 0 Å². The summed E-state index contributed by atoms with van der Waals surface area (Å²) in [6, 6.07) is 2.82. The fourth-order valence-electron chi connectivity index (χ4n) is 5.54. The van der Waals surface area contributed by atoms with Gasteiger partial charge in [0.25, 0.3) is 5.91 Å². The lowest BCUT2D eigenvalue weighted by Gasteiger charge is -2.38. The molecule has 1 saturated heterocycles. The van der Waals surface area contributed by atoms with E-state index >= 15 is 0 Å². The maximum Gasteiger partial charge on any atom is 0.317 e. The van der Waals surface area contributed by atoms with Gasteiger partial charge in [-0.15, -0.1) is 0 Å². The molecule has 3 aromatic heterocycles. The monoisotopic (exact) mass is 542 g/mol. The number of hydrogen-bond acceptors (Lipinski definition) is 5. The maximum atomic E-state index is 14.0. The minimum Gasteiger partial charge on any atom is -0.342 e. The lowest BCUT2D eigenvalue weighted by atomic mass is 9.81. The number of rotatable bonds is 7. The van der Waals surface area contributed by atoms with Gasteiger partial charge in [0.2, 0.25) is 5.92 Å². The Hall–Kier alpha value is -3.57. The van der Waals surface area contributed by atoms with Crippen LogP contribution in [0.3, 0.4) is 0 Å². The van der Waals surface area contributed by atoms with Crippen LogP contribution in [-0.4, -0.2) is 60.2 Å². The number of urea groups is 1. The van der Waals surface area contributed by atoms with Crippen LogP contribution in [0.4, 0.5) is 13.6 Å². The van der Waals surface area contributed by atoms with Crippen LogP contribution in [0.5, 0.6) is 0 Å². The Morgan fingerprint density at radius 1 is 1.23 bits per heavy atom. The molecular weight excluding hydrogens is 506 g/mol. The first-order valence-electron chi connectivity index (χ1n) is 13.5. The van der Waals surface area contributed by atoms with Crippen molar-refractivity contribution in [2.24, 2.45) is 11.3 Å². The van der Waals surface area contributed by atoms with Crippen molar-refractivity contribution >= 4 is 17.6 Å². The van der Waals surface area contributed by atoms with E-state index in [4.69, 9.17) is 4.98 Å². The Morgan fingerprint density at radius 3 is 2.69 bits per heavy atom. The van der Waals surface area contributed by atoms with Crippen LogP contribution in [0, 0.1) is 11.3 Å². The van der Waals surface area contributed by atoms with E-state index in [2.05, 4.69) is 34.7 Å². The molecule has 1 aliphatic heterocycles. The first kappa shape index (κ1) is 27.0. The summed E-state index contributed by atoms with van der Waals surface area (Å²) in [6.45, 7) is 9.71. The van der Waals surface area contributed by atoms with Gasteiger partial charge in [0, 0.05) is 44.7 Å². The van der Waals surface area contributed by atoms with E-state index < -0.39 is 12.0 Å². The number of nitrogens with zero attached hydrogens (tertiary/aromatic N) is 6. The van der Waals surface area contributed by atoms with Crippen molar-refractivity contribution in [2.75, 3.05) is 13.1 Å². The van der Waals surface area contributed by atoms with Crippen LogP contribution in [0.15, 0.2) is 30.7 Å². The Balaban J connectivity index is 1.41. The highest BCUT2D eigenvalue weighted by atomic mass is 19.3. The first-order valence-corrected chi connectivity index (χ1v) is 13.5. The first-order chi connectivity index (χ1) is 18.4. The largest absolute Gasteiger partial charge is 0.342 e. The molecule has 210 valence electrons. The number of aromatic nitrogens is 5. The molecule has 1 saturated carbocycles. The fourth-order valence-corrected chi connectivity index (χ4v) is 5.54. The molecule has 12 heteroatoms. The van der Waals surface area contributed by atoms with E-state index in [0.29, 0.717) is 36.7 Å². The number of amides is 3. The van der Waals surface area contributed by atoms with E-state index in [-0.39, 0.29) is 55.0 Å². The standard InChI is InChI=1S/C27H36F2N8O2/c1-17(2)37-21(7-10-31-37)24(38)34-23(19-5-8-27(28,29)9-6-19)20-14-36-22(33-20)11-18(12-32-36)13-35-16-26(3,4)15-30-25(35)39/h7,10-12,14,17,19,23H,5-6,8-9,13,15-16H2,1-4H3,(H,30,39)(H,34,38)/t23-/m0/s1. The molecule has 0 aromatic carbocycles. The minimum absolute atomic E-state index is 0.0158. The van der Waals surface area contributed by atoms with Gasteiger partial charge >= 0.3 is 6.03 Å². The van der Waals surface area contributed by atoms with Crippen molar-refractivity contribution < 1.29 is 18.4 Å². The van der Waals surface area contributed by atoms with Crippen LogP contribution >= 0.6 is 0 Å². The minimum atomic E-state index is -2.69. The normalized spacial score (nSPS) is 20.3. The third kappa shape index (κ3) is 5.89. The number of nitrogens with one attached hydrogen (secondary N) is 2. The summed E-state index contributed by atoms with van der Waals surface area (Å²) < 4.78 is 31.2. The number of carbonyl (C=O) groups excluding carboxylic acids is 2. The zero-order valence-electron chi connectivity index (χ0n) is 22.8. The smallest absolute Gasteiger partial charge is 0.317 e. The Kier molecular flexibility index (Phi) is 7.06. The molecule has 2 aliphatic rings. The van der Waals surface area contributed by atoms with E-state index in [9.17, 15) is 18.4 Å². The summed E-state index contributed by atoms with van der Waals surface area (Å²) in [4.78, 5) is 32.3. The predicted molar refractivity (Wildman–Crippen MR) is 140 cm³/mol. The van der Waals surface area contributed by atoms with Gasteiger partial charge in [0.15, 0.2) is 5.65 Å². The van der Waals surface area contributed by atoms with E-state index in [1.807, 2.05) is 19.9 Å². The highest BCUT2D eigenvalue weighted by Crippen LogP contribution is 2.41. The van der Waals surface area contributed by atoms with Gasteiger partial charge in [0.1, 0.15) is 5.69 Å². The van der Waals surface area contributed by atoms with Crippen molar-refractivity contribution in [1.82, 2.24) is 39.9 Å². The number of halogens is 2. The molecule has 2 fully saturated rings. The quantitative estimate of drug-likeness (QED) is 0.461. The van der Waals surface area contributed by atoms with Crippen LogP contribution in [-0.2, 0) is 6.54 Å². The molecule has 39 heavy (non-hydrogen) atoms. The van der Waals surface area contributed by atoms with E-state index in [1.165, 1.54) is 0 Å². The van der Waals surface area contributed by atoms with Crippen LogP contribution in [0.25, 0.3) is 5.65 Å². The van der Waals surface area contributed by atoms with Crippen LogP contribution in [0.1, 0.15) is 87.2 Å². The number of alkyl halides is 2. The third-order valence-electron chi connectivity index (χ3n) is 7.62. The van der Waals surface area contributed by atoms with Gasteiger partial charge in [-0.1, -0.05) is 13.8 Å². The van der Waals surface area contributed by atoms with Crippen molar-refractivity contribution in [2.45, 2.75) is 77.9 Å². The molecular formula is C27H36F2N8O2. The van der Waals surface area contributed by atoms with Gasteiger partial charge < -0.3 is 15.5 Å². The summed E-state index contributed by atoms with van der Waals surface area (Å²) >= 11 is 0. The summed E-state index contributed by atoms with van der Waals surface area (Å²) in [5, 5.41) is 14.7. The zero-order valence-corrected chi connectivity index (χ0v) is 22.8. The number of imidazole rings is 1. The second kappa shape index (κ2) is 10.2. The van der Waals surface area contributed by atoms with E-state index in [0.717, 1.165) is 5.56 Å². The number of hydrogen-bond donors (Lipinski definition) is 2. The summed E-state index contributed by atoms with van der Waals surface area (Å²) in [6.07, 6.45) is 5.11. The van der Waals surface area contributed by atoms with Crippen molar-refractivity contribution in [3.63, 3.8) is 0 Å². The molecule has 2 N–H and O–H groups in total. The van der Waals surface area contributed by atoms with Gasteiger partial charge in [-0.25, -0.2) is 23.1 Å². The van der Waals surface area contributed by atoms with Crippen LogP contribution < -0.4 is 10.6 Å². The average Bonchev–Trinajstić information content (AvgIpc) is 3.52. The second-order valence-corrected chi connectivity index (χ2v) is 11.9. The molecule has 3 amide bonds. The lowest BCUT2D eigenvalue weighted by molar-refractivity contribution is -0.0495. The molecule has 3 aromatic rings. The number of fused-ring (bicyclic) bond motifs is 1. The van der Waals surface area contributed by atoms with Crippen LogP contribution in [0.2, 0.25) is 0 Å². The summed E-state index contributed by atoms with van der Waals surface area (Å²) in [5.74, 6) is -3.22. The topological polar surface area (TPSA) is 109 Å². The second-order valence-electron chi connectivity index (χ2n) is 11.9. The zero-order chi connectivity index (χ0) is 27.9. The Labute approximate surface area is 226 Å². The molecule has 0 radical (unpaired) electrons. The fraction of sp³-hybridized carbons (Fsp3) is 0.593. The molecule has 1 atom stereocenters. The van der Waals surface area contributed by atoms with Crippen molar-refractivity contribution in [3.8, 4) is 0 Å². The molecule has 10 nitrogen and oxygen atoms in total. The van der Waals surface area contributed by atoms with Gasteiger partial charge in [-0.05, 0) is 55.7 Å².